The van der Waals surface area contributed by atoms with E-state index >= 15 is 0 Å². The Labute approximate surface area is 81.5 Å². The van der Waals surface area contributed by atoms with Gasteiger partial charge in [0, 0.05) is 12.5 Å². The zero-order chi connectivity index (χ0) is 9.71. The highest BCUT2D eigenvalue weighted by Gasteiger charge is 2.44. The lowest BCUT2D eigenvalue weighted by Crippen LogP contribution is -2.41. The number of hydrogen-bond donors (Lipinski definition) is 4. The van der Waals surface area contributed by atoms with Crippen LogP contribution in [0.15, 0.2) is 23.6 Å². The summed E-state index contributed by atoms with van der Waals surface area (Å²) in [5.74, 6) is 1.32. The van der Waals surface area contributed by atoms with Crippen LogP contribution in [0.1, 0.15) is 0 Å². The van der Waals surface area contributed by atoms with Crippen LogP contribution < -0.4 is 16.6 Å². The van der Waals surface area contributed by atoms with Crippen molar-refractivity contribution in [2.45, 2.75) is 6.10 Å². The zero-order valence-corrected chi connectivity index (χ0v) is 7.58. The lowest BCUT2D eigenvalue weighted by Gasteiger charge is -2.31. The van der Waals surface area contributed by atoms with E-state index < -0.39 is 0 Å². The number of rotatable bonds is 1. The van der Waals surface area contributed by atoms with Crippen LogP contribution in [0, 0.1) is 17.2 Å². The molecule has 3 unspecified atom stereocenters. The summed E-state index contributed by atoms with van der Waals surface area (Å²) in [6.07, 6.45) is 3.89. The number of fused-ring (bicyclic) bond motifs is 3. The number of amidine groups is 1. The van der Waals surface area contributed by atoms with Gasteiger partial charge in [-0.2, -0.15) is 0 Å². The summed E-state index contributed by atoms with van der Waals surface area (Å²) in [5.41, 5.74) is 12.8. The van der Waals surface area contributed by atoms with Gasteiger partial charge in [-0.15, -0.1) is 0 Å². The first kappa shape index (κ1) is 7.87. The highest BCUT2D eigenvalue weighted by molar-refractivity contribution is 5.82. The summed E-state index contributed by atoms with van der Waals surface area (Å²) in [4.78, 5) is 0. The molecule has 0 spiro atoms. The number of nitrogens with one attached hydrogen (secondary N) is 3. The molecule has 3 rings (SSSR count). The maximum Gasteiger partial charge on any atom is 0.140 e. The van der Waals surface area contributed by atoms with Crippen molar-refractivity contribution in [3.8, 4) is 0 Å². The molecule has 0 saturated carbocycles. The van der Waals surface area contributed by atoms with E-state index in [2.05, 4.69) is 10.9 Å². The third-order valence-corrected chi connectivity index (χ3v) is 3.03. The summed E-state index contributed by atoms with van der Waals surface area (Å²) in [6, 6.07) is 0. The van der Waals surface area contributed by atoms with Crippen molar-refractivity contribution < 1.29 is 4.74 Å². The summed E-state index contributed by atoms with van der Waals surface area (Å²) in [5, 5.41) is 7.58. The molecule has 1 saturated heterocycles. The first-order chi connectivity index (χ1) is 6.77. The van der Waals surface area contributed by atoms with Crippen LogP contribution >= 0.6 is 0 Å². The molecule has 0 amide bonds. The van der Waals surface area contributed by atoms with Gasteiger partial charge in [-0.3, -0.25) is 5.41 Å². The Balaban J connectivity index is 2.07. The van der Waals surface area contributed by atoms with E-state index in [0.29, 0.717) is 0 Å². The van der Waals surface area contributed by atoms with Gasteiger partial charge in [0.2, 0.25) is 0 Å². The van der Waals surface area contributed by atoms with Crippen molar-refractivity contribution in [3.05, 3.63) is 23.6 Å². The minimum Gasteiger partial charge on any atom is -0.484 e. The van der Waals surface area contributed by atoms with Gasteiger partial charge < -0.3 is 15.9 Å². The van der Waals surface area contributed by atoms with Crippen molar-refractivity contribution in [1.82, 2.24) is 10.9 Å². The summed E-state index contributed by atoms with van der Waals surface area (Å²) in [7, 11) is 0. The number of hydrogen-bond acceptors (Lipinski definition) is 4. The van der Waals surface area contributed by atoms with E-state index in [1.165, 1.54) is 0 Å². The van der Waals surface area contributed by atoms with Crippen LogP contribution in [0.25, 0.3) is 0 Å². The maximum atomic E-state index is 7.58. The van der Waals surface area contributed by atoms with Crippen LogP contribution in [0.2, 0.25) is 0 Å². The quantitative estimate of drug-likeness (QED) is 0.331. The van der Waals surface area contributed by atoms with E-state index in [0.717, 1.165) is 18.0 Å². The van der Waals surface area contributed by atoms with Crippen molar-refractivity contribution in [1.29, 1.82) is 5.41 Å². The smallest absolute Gasteiger partial charge is 0.140 e. The molecule has 3 atom stereocenters. The molecule has 3 aliphatic rings. The minimum atomic E-state index is -0.0436. The fourth-order valence-electron chi connectivity index (χ4n) is 2.38. The largest absolute Gasteiger partial charge is 0.484 e. The van der Waals surface area contributed by atoms with Crippen molar-refractivity contribution in [2.75, 3.05) is 6.54 Å². The first-order valence-corrected chi connectivity index (χ1v) is 4.69. The lowest BCUT2D eigenvalue weighted by atomic mass is 9.84. The van der Waals surface area contributed by atoms with Gasteiger partial charge in [0.15, 0.2) is 0 Å². The SMILES string of the molecule is N=C(N)C1C2C=CC(=C3NNCC31)O2. The van der Waals surface area contributed by atoms with Crippen LogP contribution in [-0.4, -0.2) is 18.5 Å². The molecule has 2 bridgehead atoms. The Bertz CT molecular complexity index is 360. The molecule has 0 aliphatic carbocycles. The molecule has 5 heteroatoms. The van der Waals surface area contributed by atoms with Gasteiger partial charge >= 0.3 is 0 Å². The zero-order valence-electron chi connectivity index (χ0n) is 7.58. The Morgan fingerprint density at radius 3 is 3.29 bits per heavy atom. The summed E-state index contributed by atoms with van der Waals surface area (Å²) < 4.78 is 5.63. The molecule has 5 N–H and O–H groups in total. The average molecular weight is 192 g/mol. The van der Waals surface area contributed by atoms with Crippen molar-refractivity contribution in [3.63, 3.8) is 0 Å². The highest BCUT2D eigenvalue weighted by atomic mass is 16.5. The number of hydrazine groups is 1. The van der Waals surface area contributed by atoms with E-state index in [-0.39, 0.29) is 23.8 Å². The average Bonchev–Trinajstić information content (AvgIpc) is 2.73. The second kappa shape index (κ2) is 2.51. The molecule has 74 valence electrons. The topological polar surface area (TPSA) is 83.2 Å². The maximum absolute atomic E-state index is 7.58. The fraction of sp³-hybridized carbons (Fsp3) is 0.444. The van der Waals surface area contributed by atoms with Gasteiger partial charge in [-0.1, -0.05) is 0 Å². The molecule has 3 aliphatic heterocycles. The van der Waals surface area contributed by atoms with Crippen LogP contribution in [0.3, 0.4) is 0 Å². The van der Waals surface area contributed by atoms with Gasteiger partial charge in [0.25, 0.3) is 0 Å². The molecule has 14 heavy (non-hydrogen) atoms. The number of nitrogens with two attached hydrogens (primary N) is 1. The third-order valence-electron chi connectivity index (χ3n) is 3.03. The van der Waals surface area contributed by atoms with Crippen molar-refractivity contribution in [2.24, 2.45) is 17.6 Å². The highest BCUT2D eigenvalue weighted by Crippen LogP contribution is 2.39. The van der Waals surface area contributed by atoms with E-state index in [4.69, 9.17) is 15.9 Å². The van der Waals surface area contributed by atoms with Crippen LogP contribution in [-0.2, 0) is 4.74 Å². The van der Waals surface area contributed by atoms with Gasteiger partial charge in [-0.05, 0) is 12.2 Å². The van der Waals surface area contributed by atoms with Crippen LogP contribution in [0.5, 0.6) is 0 Å². The molecule has 0 aromatic rings. The van der Waals surface area contributed by atoms with E-state index in [9.17, 15) is 0 Å². The molecule has 1 fully saturated rings. The molecule has 3 heterocycles. The minimum absolute atomic E-state index is 0.0324. The first-order valence-electron chi connectivity index (χ1n) is 4.69. The lowest BCUT2D eigenvalue weighted by molar-refractivity contribution is 0.108. The monoisotopic (exact) mass is 192 g/mol. The predicted molar refractivity (Wildman–Crippen MR) is 51.1 cm³/mol. The van der Waals surface area contributed by atoms with Gasteiger partial charge in [0.1, 0.15) is 11.9 Å². The Kier molecular flexibility index (Phi) is 1.41. The second-order valence-electron chi connectivity index (χ2n) is 3.81. The molecule has 0 radical (unpaired) electrons. The second-order valence-corrected chi connectivity index (χ2v) is 3.81. The van der Waals surface area contributed by atoms with E-state index in [1.54, 1.807) is 0 Å². The third kappa shape index (κ3) is 0.846. The van der Waals surface area contributed by atoms with E-state index in [1.807, 2.05) is 12.2 Å². The normalized spacial score (nSPS) is 37.9. The number of allylic oxidation sites excluding steroid dienone is 1. The Morgan fingerprint density at radius 2 is 2.50 bits per heavy atom. The molecular formula is C9H12N4O. The Hall–Kier alpha value is -1.49. The molecule has 5 nitrogen and oxygen atoms in total. The summed E-state index contributed by atoms with van der Waals surface area (Å²) in [6.45, 7) is 0.810. The van der Waals surface area contributed by atoms with Crippen molar-refractivity contribution >= 4 is 5.84 Å². The van der Waals surface area contributed by atoms with Crippen LogP contribution in [0.4, 0.5) is 0 Å². The summed E-state index contributed by atoms with van der Waals surface area (Å²) >= 11 is 0. The fourth-order valence-corrected chi connectivity index (χ4v) is 2.38. The Morgan fingerprint density at radius 1 is 1.64 bits per heavy atom. The molecular weight excluding hydrogens is 180 g/mol. The predicted octanol–water partition coefficient (Wildman–Crippen LogP) is -0.557. The number of ether oxygens (including phenoxy) is 1. The molecule has 0 aromatic heterocycles. The molecule has 0 aromatic carbocycles. The standard InChI is InChI=1S/C9H12N4O/c10-9(11)7-4-3-12-13-8(4)6-2-1-5(7)14-6/h1-2,4-5,7,12-13H,3H2,(H3,10,11). The van der Waals surface area contributed by atoms with Gasteiger partial charge in [-0.25, -0.2) is 5.43 Å². The van der Waals surface area contributed by atoms with Gasteiger partial charge in [0.05, 0.1) is 17.5 Å².